The maximum atomic E-state index is 12.4. The number of nitrogens with zero attached hydrogens (tertiary/aromatic N) is 1. The number of urea groups is 1. The fraction of sp³-hybridized carbons (Fsp3) is 0.409. The van der Waals surface area contributed by atoms with Crippen LogP contribution in [0.15, 0.2) is 54.6 Å². The van der Waals surface area contributed by atoms with Crippen LogP contribution in [0.2, 0.25) is 0 Å². The van der Waals surface area contributed by atoms with Crippen LogP contribution in [0.3, 0.4) is 0 Å². The molecule has 1 unspecified atom stereocenters. The lowest BCUT2D eigenvalue weighted by Gasteiger charge is -2.34. The summed E-state index contributed by atoms with van der Waals surface area (Å²) < 4.78 is 5.30. The number of methoxy groups -OCH3 is 1. The van der Waals surface area contributed by atoms with Crippen molar-refractivity contribution in [3.05, 3.63) is 60.2 Å². The molecule has 0 bridgehead atoms. The highest BCUT2D eigenvalue weighted by molar-refractivity contribution is 5.89. The number of carbonyl (C=O) groups is 1. The topological polar surface area (TPSA) is 53.6 Å². The number of nitrogens with one attached hydrogen (secondary N) is 2. The van der Waals surface area contributed by atoms with Gasteiger partial charge in [-0.15, -0.1) is 0 Å². The van der Waals surface area contributed by atoms with Crippen molar-refractivity contribution in [2.75, 3.05) is 25.5 Å². The molecule has 1 aliphatic rings. The first kappa shape index (κ1) is 19.2. The third-order valence-electron chi connectivity index (χ3n) is 5.00. The second kappa shape index (κ2) is 9.42. The Morgan fingerprint density at radius 2 is 1.89 bits per heavy atom. The number of ether oxygens (including phenoxy) is 1. The van der Waals surface area contributed by atoms with E-state index < -0.39 is 0 Å². The van der Waals surface area contributed by atoms with Crippen molar-refractivity contribution in [1.82, 2.24) is 10.2 Å². The van der Waals surface area contributed by atoms with Crippen molar-refractivity contribution in [2.24, 2.45) is 0 Å². The van der Waals surface area contributed by atoms with Crippen LogP contribution in [0, 0.1) is 0 Å². The van der Waals surface area contributed by atoms with Crippen molar-refractivity contribution >= 4 is 11.7 Å². The van der Waals surface area contributed by atoms with E-state index in [9.17, 15) is 4.79 Å². The number of rotatable bonds is 6. The highest BCUT2D eigenvalue weighted by Gasteiger charge is 2.23. The van der Waals surface area contributed by atoms with Crippen LogP contribution in [-0.2, 0) is 6.42 Å². The number of hydrogen-bond acceptors (Lipinski definition) is 3. The molecule has 0 saturated carbocycles. The van der Waals surface area contributed by atoms with Gasteiger partial charge >= 0.3 is 6.03 Å². The Labute approximate surface area is 161 Å². The standard InChI is InChI=1S/C22H29N3O2/c1-17(15-18-7-6-10-21(16-18)27-2)23-20-11-13-25(14-12-20)22(26)24-19-8-4-3-5-9-19/h3-10,16-17,20,23H,11-15H2,1-2H3,(H,24,26). The first-order valence-electron chi connectivity index (χ1n) is 9.64. The molecule has 1 aliphatic heterocycles. The largest absolute Gasteiger partial charge is 0.497 e. The van der Waals surface area contributed by atoms with Crippen molar-refractivity contribution in [3.8, 4) is 5.75 Å². The SMILES string of the molecule is COc1cccc(CC(C)NC2CCN(C(=O)Nc3ccccc3)CC2)c1. The predicted molar refractivity (Wildman–Crippen MR) is 109 cm³/mol. The summed E-state index contributed by atoms with van der Waals surface area (Å²) in [6, 6.07) is 18.7. The fourth-order valence-electron chi connectivity index (χ4n) is 3.59. The van der Waals surface area contributed by atoms with Gasteiger partial charge in [-0.25, -0.2) is 4.79 Å². The quantitative estimate of drug-likeness (QED) is 0.814. The van der Waals surface area contributed by atoms with Gasteiger partial charge in [0, 0.05) is 30.9 Å². The molecule has 2 aromatic rings. The summed E-state index contributed by atoms with van der Waals surface area (Å²) in [4.78, 5) is 14.3. The Balaban J connectivity index is 1.42. The molecule has 5 nitrogen and oxygen atoms in total. The first-order valence-corrected chi connectivity index (χ1v) is 9.64. The number of anilines is 1. The Morgan fingerprint density at radius 3 is 2.59 bits per heavy atom. The van der Waals surface area contributed by atoms with Gasteiger partial charge in [0.25, 0.3) is 0 Å². The van der Waals surface area contributed by atoms with E-state index in [2.05, 4.69) is 29.7 Å². The molecule has 1 saturated heterocycles. The summed E-state index contributed by atoms with van der Waals surface area (Å²) in [6.45, 7) is 3.78. The average molecular weight is 367 g/mol. The van der Waals surface area contributed by atoms with Gasteiger partial charge in [0.05, 0.1) is 7.11 Å². The molecule has 0 radical (unpaired) electrons. The molecule has 2 amide bonds. The van der Waals surface area contributed by atoms with E-state index in [4.69, 9.17) is 4.74 Å². The Bertz CT molecular complexity index is 727. The maximum absolute atomic E-state index is 12.4. The van der Waals surface area contributed by atoms with E-state index in [1.807, 2.05) is 47.4 Å². The molecule has 0 aromatic heterocycles. The number of hydrogen-bond donors (Lipinski definition) is 2. The van der Waals surface area contributed by atoms with Gasteiger partial charge in [0.2, 0.25) is 0 Å². The number of piperidine rings is 1. The van der Waals surface area contributed by atoms with E-state index >= 15 is 0 Å². The normalized spacial score (nSPS) is 16.0. The predicted octanol–water partition coefficient (Wildman–Crippen LogP) is 3.91. The zero-order valence-electron chi connectivity index (χ0n) is 16.2. The number of benzene rings is 2. The third-order valence-corrected chi connectivity index (χ3v) is 5.00. The number of amides is 2. The van der Waals surface area contributed by atoms with E-state index in [1.165, 1.54) is 5.56 Å². The number of likely N-dealkylation sites (tertiary alicyclic amines) is 1. The lowest BCUT2D eigenvalue weighted by atomic mass is 10.0. The molecule has 0 aliphatic carbocycles. The zero-order chi connectivity index (χ0) is 19.1. The van der Waals surface area contributed by atoms with Crippen LogP contribution in [0.4, 0.5) is 10.5 Å². The van der Waals surface area contributed by atoms with Gasteiger partial charge in [-0.05, 0) is 56.0 Å². The van der Waals surface area contributed by atoms with E-state index in [1.54, 1.807) is 7.11 Å². The van der Waals surface area contributed by atoms with Gasteiger partial charge in [-0.3, -0.25) is 0 Å². The minimum absolute atomic E-state index is 0.0101. The van der Waals surface area contributed by atoms with Crippen LogP contribution in [-0.4, -0.2) is 43.2 Å². The summed E-state index contributed by atoms with van der Waals surface area (Å²) in [5, 5.41) is 6.68. The van der Waals surface area contributed by atoms with Gasteiger partial charge in [0.1, 0.15) is 5.75 Å². The smallest absolute Gasteiger partial charge is 0.321 e. The summed E-state index contributed by atoms with van der Waals surface area (Å²) in [5.41, 5.74) is 2.11. The maximum Gasteiger partial charge on any atom is 0.321 e. The van der Waals surface area contributed by atoms with Crippen LogP contribution >= 0.6 is 0 Å². The molecule has 0 spiro atoms. The molecule has 1 heterocycles. The van der Waals surface area contributed by atoms with Gasteiger partial charge in [-0.2, -0.15) is 0 Å². The molecular formula is C22H29N3O2. The van der Waals surface area contributed by atoms with Crippen molar-refractivity contribution in [3.63, 3.8) is 0 Å². The molecule has 27 heavy (non-hydrogen) atoms. The fourth-order valence-corrected chi connectivity index (χ4v) is 3.59. The van der Waals surface area contributed by atoms with Crippen LogP contribution < -0.4 is 15.4 Å². The highest BCUT2D eigenvalue weighted by atomic mass is 16.5. The Hall–Kier alpha value is -2.53. The van der Waals surface area contributed by atoms with E-state index in [-0.39, 0.29) is 6.03 Å². The van der Waals surface area contributed by atoms with Gasteiger partial charge in [0.15, 0.2) is 0 Å². The van der Waals surface area contributed by atoms with Gasteiger partial charge < -0.3 is 20.3 Å². The second-order valence-corrected chi connectivity index (χ2v) is 7.18. The molecule has 2 N–H and O–H groups in total. The monoisotopic (exact) mass is 367 g/mol. The average Bonchev–Trinajstić information content (AvgIpc) is 2.69. The Morgan fingerprint density at radius 1 is 1.15 bits per heavy atom. The molecule has 1 atom stereocenters. The molecule has 144 valence electrons. The number of carbonyl (C=O) groups excluding carboxylic acids is 1. The van der Waals surface area contributed by atoms with E-state index in [0.29, 0.717) is 12.1 Å². The number of para-hydroxylation sites is 1. The Kier molecular flexibility index (Phi) is 6.71. The summed E-state index contributed by atoms with van der Waals surface area (Å²) in [5.74, 6) is 0.900. The summed E-state index contributed by atoms with van der Waals surface area (Å²) in [7, 11) is 1.70. The zero-order valence-corrected chi connectivity index (χ0v) is 16.2. The lowest BCUT2D eigenvalue weighted by Crippen LogP contribution is -2.48. The highest BCUT2D eigenvalue weighted by Crippen LogP contribution is 2.16. The van der Waals surface area contributed by atoms with Crippen molar-refractivity contribution < 1.29 is 9.53 Å². The van der Waals surface area contributed by atoms with Crippen LogP contribution in [0.25, 0.3) is 0 Å². The van der Waals surface area contributed by atoms with Crippen molar-refractivity contribution in [2.45, 2.75) is 38.3 Å². The molecule has 1 fully saturated rings. The summed E-state index contributed by atoms with van der Waals surface area (Å²) >= 11 is 0. The van der Waals surface area contributed by atoms with Crippen LogP contribution in [0.5, 0.6) is 5.75 Å². The van der Waals surface area contributed by atoms with Crippen LogP contribution in [0.1, 0.15) is 25.3 Å². The molecule has 2 aromatic carbocycles. The molecule has 3 rings (SSSR count). The van der Waals surface area contributed by atoms with Gasteiger partial charge in [-0.1, -0.05) is 30.3 Å². The second-order valence-electron chi connectivity index (χ2n) is 7.18. The third kappa shape index (κ3) is 5.73. The molecule has 5 heteroatoms. The lowest BCUT2D eigenvalue weighted by molar-refractivity contribution is 0.186. The van der Waals surface area contributed by atoms with Crippen molar-refractivity contribution in [1.29, 1.82) is 0 Å². The molecular weight excluding hydrogens is 338 g/mol. The first-order chi connectivity index (χ1) is 13.1. The summed E-state index contributed by atoms with van der Waals surface area (Å²) in [6.07, 6.45) is 2.92. The van der Waals surface area contributed by atoms with E-state index in [0.717, 1.165) is 43.8 Å². The minimum atomic E-state index is -0.0101. The minimum Gasteiger partial charge on any atom is -0.497 e.